The number of carbonyl (C=O) groups excluding carboxylic acids is 1. The van der Waals surface area contributed by atoms with Crippen molar-refractivity contribution in [2.45, 2.75) is 26.9 Å². The van der Waals surface area contributed by atoms with Gasteiger partial charge in [0.05, 0.1) is 12.0 Å². The van der Waals surface area contributed by atoms with Gasteiger partial charge in [0.1, 0.15) is 6.61 Å². The molecule has 3 rings (SSSR count). The Hall–Kier alpha value is -2.79. The van der Waals surface area contributed by atoms with Crippen molar-refractivity contribution in [3.05, 3.63) is 75.5 Å². The Morgan fingerprint density at radius 3 is 2.70 bits per heavy atom. The maximum absolute atomic E-state index is 12.5. The van der Waals surface area contributed by atoms with E-state index in [0.29, 0.717) is 23.0 Å². The summed E-state index contributed by atoms with van der Waals surface area (Å²) >= 11 is 1.41. The molecule has 0 aliphatic heterocycles. The summed E-state index contributed by atoms with van der Waals surface area (Å²) in [5.41, 5.74) is 4.05. The molecule has 1 heterocycles. The van der Waals surface area contributed by atoms with Gasteiger partial charge in [0.2, 0.25) is 0 Å². The first-order valence-corrected chi connectivity index (χ1v) is 9.72. The SMILES string of the molecule is CCc1ccccc1NC(=O)c1cc(COc2ccc(C)cc2OC)cs1. The Labute approximate surface area is 163 Å². The minimum atomic E-state index is -0.0972. The highest BCUT2D eigenvalue weighted by Gasteiger charge is 2.12. The molecule has 4 nitrogen and oxygen atoms in total. The zero-order valence-corrected chi connectivity index (χ0v) is 16.6. The number of thiophene rings is 1. The number of hydrogen-bond acceptors (Lipinski definition) is 4. The summed E-state index contributed by atoms with van der Waals surface area (Å²) in [6, 6.07) is 15.6. The zero-order valence-electron chi connectivity index (χ0n) is 15.7. The molecule has 3 aromatic rings. The number of hydrogen-bond donors (Lipinski definition) is 1. The molecule has 2 aromatic carbocycles. The average molecular weight is 381 g/mol. The predicted octanol–water partition coefficient (Wildman–Crippen LogP) is 5.46. The third-order valence-electron chi connectivity index (χ3n) is 4.24. The fourth-order valence-electron chi connectivity index (χ4n) is 2.76. The molecule has 0 saturated heterocycles. The Morgan fingerprint density at radius 1 is 1.11 bits per heavy atom. The minimum Gasteiger partial charge on any atom is -0.493 e. The van der Waals surface area contributed by atoms with E-state index in [1.165, 1.54) is 11.3 Å². The molecule has 27 heavy (non-hydrogen) atoms. The van der Waals surface area contributed by atoms with Gasteiger partial charge in [-0.3, -0.25) is 4.79 Å². The largest absolute Gasteiger partial charge is 0.493 e. The average Bonchev–Trinajstić information content (AvgIpc) is 3.16. The lowest BCUT2D eigenvalue weighted by atomic mass is 10.1. The number of carbonyl (C=O) groups is 1. The number of rotatable bonds is 7. The lowest BCUT2D eigenvalue weighted by Gasteiger charge is -2.10. The number of ether oxygens (including phenoxy) is 2. The van der Waals surface area contributed by atoms with E-state index in [9.17, 15) is 4.79 Å². The highest BCUT2D eigenvalue weighted by Crippen LogP contribution is 2.29. The Bertz CT molecular complexity index is 933. The number of nitrogens with one attached hydrogen (secondary N) is 1. The van der Waals surface area contributed by atoms with Gasteiger partial charge in [0, 0.05) is 11.3 Å². The monoisotopic (exact) mass is 381 g/mol. The van der Waals surface area contributed by atoms with Crippen LogP contribution in [0.15, 0.2) is 53.9 Å². The van der Waals surface area contributed by atoms with Crippen molar-refractivity contribution in [1.82, 2.24) is 0 Å². The second-order valence-electron chi connectivity index (χ2n) is 6.23. The first kappa shape index (κ1) is 19.0. The number of anilines is 1. The molecule has 0 radical (unpaired) electrons. The van der Waals surface area contributed by atoms with Crippen LogP contribution in [-0.2, 0) is 13.0 Å². The summed E-state index contributed by atoms with van der Waals surface area (Å²) in [4.78, 5) is 13.2. The van der Waals surface area contributed by atoms with Gasteiger partial charge >= 0.3 is 0 Å². The lowest BCUT2D eigenvalue weighted by molar-refractivity contribution is 0.103. The number of amides is 1. The quantitative estimate of drug-likeness (QED) is 0.591. The van der Waals surface area contributed by atoms with Crippen LogP contribution < -0.4 is 14.8 Å². The summed E-state index contributed by atoms with van der Waals surface area (Å²) < 4.78 is 11.2. The van der Waals surface area contributed by atoms with E-state index in [-0.39, 0.29) is 5.91 Å². The molecule has 1 amide bonds. The Kier molecular flexibility index (Phi) is 6.14. The summed E-state index contributed by atoms with van der Waals surface area (Å²) in [5, 5.41) is 4.95. The van der Waals surface area contributed by atoms with Crippen LogP contribution in [0.5, 0.6) is 11.5 Å². The first-order valence-electron chi connectivity index (χ1n) is 8.84. The van der Waals surface area contributed by atoms with Gasteiger partial charge in [-0.2, -0.15) is 0 Å². The zero-order chi connectivity index (χ0) is 19.2. The van der Waals surface area contributed by atoms with Crippen LogP contribution in [0.1, 0.15) is 33.3 Å². The number of benzene rings is 2. The van der Waals surface area contributed by atoms with Gasteiger partial charge in [-0.25, -0.2) is 0 Å². The Morgan fingerprint density at radius 2 is 1.93 bits per heavy atom. The molecule has 1 aromatic heterocycles. The molecule has 0 aliphatic rings. The van der Waals surface area contributed by atoms with Crippen LogP contribution in [0.25, 0.3) is 0 Å². The summed E-state index contributed by atoms with van der Waals surface area (Å²) in [6.45, 7) is 4.46. The van der Waals surface area contributed by atoms with E-state index < -0.39 is 0 Å². The molecule has 0 saturated carbocycles. The van der Waals surface area contributed by atoms with Crippen molar-refractivity contribution in [2.24, 2.45) is 0 Å². The second-order valence-corrected chi connectivity index (χ2v) is 7.14. The van der Waals surface area contributed by atoms with Crippen molar-refractivity contribution in [1.29, 1.82) is 0 Å². The maximum Gasteiger partial charge on any atom is 0.265 e. The molecule has 5 heteroatoms. The number of methoxy groups -OCH3 is 1. The van der Waals surface area contributed by atoms with Gasteiger partial charge < -0.3 is 14.8 Å². The molecule has 0 atom stereocenters. The molecule has 0 unspecified atom stereocenters. The third-order valence-corrected chi connectivity index (χ3v) is 5.22. The number of para-hydroxylation sites is 1. The van der Waals surface area contributed by atoms with Crippen LogP contribution in [0.3, 0.4) is 0 Å². The van der Waals surface area contributed by atoms with Crippen LogP contribution >= 0.6 is 11.3 Å². The van der Waals surface area contributed by atoms with Crippen molar-refractivity contribution in [2.75, 3.05) is 12.4 Å². The maximum atomic E-state index is 12.5. The molecule has 0 fully saturated rings. The molecule has 140 valence electrons. The molecular formula is C22H23NO3S. The normalized spacial score (nSPS) is 10.5. The molecular weight excluding hydrogens is 358 g/mol. The summed E-state index contributed by atoms with van der Waals surface area (Å²) in [6.07, 6.45) is 0.873. The molecule has 0 aliphatic carbocycles. The predicted molar refractivity (Wildman–Crippen MR) is 110 cm³/mol. The van der Waals surface area contributed by atoms with Crippen LogP contribution in [0, 0.1) is 6.92 Å². The van der Waals surface area contributed by atoms with Crippen molar-refractivity contribution in [3.63, 3.8) is 0 Å². The number of aryl methyl sites for hydroxylation is 2. The van der Waals surface area contributed by atoms with Crippen LogP contribution in [0.2, 0.25) is 0 Å². The van der Waals surface area contributed by atoms with Crippen molar-refractivity contribution >= 4 is 22.9 Å². The topological polar surface area (TPSA) is 47.6 Å². The van der Waals surface area contributed by atoms with E-state index in [0.717, 1.165) is 28.8 Å². The molecule has 0 spiro atoms. The minimum absolute atomic E-state index is 0.0972. The van der Waals surface area contributed by atoms with E-state index in [1.54, 1.807) is 7.11 Å². The molecule has 1 N–H and O–H groups in total. The second kappa shape index (κ2) is 8.73. The smallest absolute Gasteiger partial charge is 0.265 e. The van der Waals surface area contributed by atoms with Gasteiger partial charge in [-0.1, -0.05) is 31.2 Å². The van der Waals surface area contributed by atoms with E-state index >= 15 is 0 Å². The standard InChI is InChI=1S/C22H23NO3S/c1-4-17-7-5-6-8-18(17)23-22(24)21-12-16(14-27-21)13-26-19-10-9-15(2)11-20(19)25-3/h5-12,14H,4,13H2,1-3H3,(H,23,24). The summed E-state index contributed by atoms with van der Waals surface area (Å²) in [5.74, 6) is 1.30. The fraction of sp³-hybridized carbons (Fsp3) is 0.227. The van der Waals surface area contributed by atoms with E-state index in [1.807, 2.05) is 60.8 Å². The van der Waals surface area contributed by atoms with Gasteiger partial charge in [0.15, 0.2) is 11.5 Å². The fourth-order valence-corrected chi connectivity index (χ4v) is 3.55. The highest BCUT2D eigenvalue weighted by atomic mass is 32.1. The summed E-state index contributed by atoms with van der Waals surface area (Å²) in [7, 11) is 1.63. The van der Waals surface area contributed by atoms with Gasteiger partial charge in [-0.05, 0) is 54.1 Å². The first-order chi connectivity index (χ1) is 13.1. The lowest BCUT2D eigenvalue weighted by Crippen LogP contribution is -2.11. The van der Waals surface area contributed by atoms with E-state index in [2.05, 4.69) is 12.2 Å². The van der Waals surface area contributed by atoms with Crippen molar-refractivity contribution < 1.29 is 14.3 Å². The van der Waals surface area contributed by atoms with Crippen LogP contribution in [-0.4, -0.2) is 13.0 Å². The van der Waals surface area contributed by atoms with Gasteiger partial charge in [-0.15, -0.1) is 11.3 Å². The Balaban J connectivity index is 1.65. The molecule has 0 bridgehead atoms. The highest BCUT2D eigenvalue weighted by molar-refractivity contribution is 7.12. The van der Waals surface area contributed by atoms with Gasteiger partial charge in [0.25, 0.3) is 5.91 Å². The van der Waals surface area contributed by atoms with Crippen LogP contribution in [0.4, 0.5) is 5.69 Å². The van der Waals surface area contributed by atoms with E-state index in [4.69, 9.17) is 9.47 Å². The third kappa shape index (κ3) is 4.68. The van der Waals surface area contributed by atoms with Crippen molar-refractivity contribution in [3.8, 4) is 11.5 Å².